The summed E-state index contributed by atoms with van der Waals surface area (Å²) in [5, 5.41) is 6.65. The standard InChI is InChI=1S/C10H12ClN3O3/c1-2-17-10(16)9-6-4-14(8(15)3-11)5-7(6)12-13-9/h2-5H2,1H3,(H,12,13). The number of halogens is 1. The van der Waals surface area contributed by atoms with Crippen molar-refractivity contribution in [2.75, 3.05) is 12.5 Å². The Morgan fingerprint density at radius 2 is 2.29 bits per heavy atom. The Labute approximate surface area is 103 Å². The van der Waals surface area contributed by atoms with E-state index in [0.29, 0.717) is 19.7 Å². The van der Waals surface area contributed by atoms with Crippen molar-refractivity contribution in [1.82, 2.24) is 15.1 Å². The van der Waals surface area contributed by atoms with Gasteiger partial charge >= 0.3 is 5.97 Å². The van der Waals surface area contributed by atoms with E-state index in [2.05, 4.69) is 10.2 Å². The number of hydrogen-bond donors (Lipinski definition) is 1. The fourth-order valence-electron chi connectivity index (χ4n) is 1.77. The highest BCUT2D eigenvalue weighted by Crippen LogP contribution is 2.24. The summed E-state index contributed by atoms with van der Waals surface area (Å²) in [5.41, 5.74) is 1.75. The fraction of sp³-hybridized carbons (Fsp3) is 0.500. The normalized spacial score (nSPS) is 13.6. The topological polar surface area (TPSA) is 75.3 Å². The van der Waals surface area contributed by atoms with Gasteiger partial charge < -0.3 is 9.64 Å². The van der Waals surface area contributed by atoms with Crippen LogP contribution in [0.4, 0.5) is 0 Å². The molecule has 0 fully saturated rings. The largest absolute Gasteiger partial charge is 0.461 e. The first kappa shape index (κ1) is 11.9. The van der Waals surface area contributed by atoms with Gasteiger partial charge in [0.2, 0.25) is 5.91 Å². The van der Waals surface area contributed by atoms with Gasteiger partial charge in [-0.3, -0.25) is 9.89 Å². The van der Waals surface area contributed by atoms with E-state index in [1.165, 1.54) is 0 Å². The van der Waals surface area contributed by atoms with Crippen LogP contribution in [-0.2, 0) is 22.6 Å². The molecular weight excluding hydrogens is 246 g/mol. The Kier molecular flexibility index (Phi) is 3.33. The zero-order valence-electron chi connectivity index (χ0n) is 9.33. The van der Waals surface area contributed by atoms with Crippen molar-refractivity contribution < 1.29 is 14.3 Å². The smallest absolute Gasteiger partial charge is 0.359 e. The molecule has 1 aliphatic heterocycles. The van der Waals surface area contributed by atoms with Gasteiger partial charge in [0.1, 0.15) is 5.88 Å². The van der Waals surface area contributed by atoms with Crippen molar-refractivity contribution in [3.05, 3.63) is 17.0 Å². The zero-order chi connectivity index (χ0) is 12.4. The molecule has 1 amide bonds. The summed E-state index contributed by atoms with van der Waals surface area (Å²) < 4.78 is 4.88. The molecule has 0 aromatic carbocycles. The Hall–Kier alpha value is -1.56. The van der Waals surface area contributed by atoms with Gasteiger partial charge in [0.15, 0.2) is 5.69 Å². The lowest BCUT2D eigenvalue weighted by Gasteiger charge is -2.13. The van der Waals surface area contributed by atoms with Crippen LogP contribution in [0.3, 0.4) is 0 Å². The van der Waals surface area contributed by atoms with Gasteiger partial charge in [0.05, 0.1) is 25.4 Å². The Balaban J connectivity index is 2.17. The van der Waals surface area contributed by atoms with Crippen molar-refractivity contribution in [3.63, 3.8) is 0 Å². The average Bonchev–Trinajstić information content (AvgIpc) is 2.87. The van der Waals surface area contributed by atoms with Crippen molar-refractivity contribution in [2.45, 2.75) is 20.0 Å². The first-order valence-corrected chi connectivity index (χ1v) is 5.77. The van der Waals surface area contributed by atoms with E-state index in [0.717, 1.165) is 11.3 Å². The molecule has 0 atom stereocenters. The summed E-state index contributed by atoms with van der Waals surface area (Å²) in [6, 6.07) is 0. The number of ether oxygens (including phenoxy) is 1. The average molecular weight is 258 g/mol. The second kappa shape index (κ2) is 4.75. The highest BCUT2D eigenvalue weighted by molar-refractivity contribution is 6.27. The molecule has 17 heavy (non-hydrogen) atoms. The number of nitrogens with zero attached hydrogens (tertiary/aromatic N) is 2. The second-order valence-electron chi connectivity index (χ2n) is 3.63. The maximum atomic E-state index is 11.6. The van der Waals surface area contributed by atoms with E-state index >= 15 is 0 Å². The molecule has 1 aliphatic rings. The van der Waals surface area contributed by atoms with Gasteiger partial charge in [-0.1, -0.05) is 0 Å². The highest BCUT2D eigenvalue weighted by atomic mass is 35.5. The number of aromatic nitrogens is 2. The number of rotatable bonds is 3. The maximum Gasteiger partial charge on any atom is 0.359 e. The summed E-state index contributed by atoms with van der Waals surface area (Å²) >= 11 is 5.49. The minimum atomic E-state index is -0.467. The molecule has 92 valence electrons. The maximum absolute atomic E-state index is 11.6. The summed E-state index contributed by atoms with van der Waals surface area (Å²) in [4.78, 5) is 24.6. The predicted octanol–water partition coefficient (Wildman–Crippen LogP) is 0.667. The van der Waals surface area contributed by atoms with Crippen LogP contribution in [0, 0.1) is 0 Å². The number of esters is 1. The number of amides is 1. The van der Waals surface area contributed by atoms with E-state index in [9.17, 15) is 9.59 Å². The number of hydrogen-bond acceptors (Lipinski definition) is 4. The van der Waals surface area contributed by atoms with Gasteiger partial charge in [-0.05, 0) is 6.92 Å². The number of nitrogens with one attached hydrogen (secondary N) is 1. The van der Waals surface area contributed by atoms with E-state index < -0.39 is 5.97 Å². The molecular formula is C10H12ClN3O3. The molecule has 7 heteroatoms. The Morgan fingerprint density at radius 1 is 1.53 bits per heavy atom. The van der Waals surface area contributed by atoms with E-state index in [-0.39, 0.29) is 17.5 Å². The fourth-order valence-corrected chi connectivity index (χ4v) is 1.94. The van der Waals surface area contributed by atoms with Crippen LogP contribution in [0.5, 0.6) is 0 Å². The molecule has 0 saturated heterocycles. The first-order valence-electron chi connectivity index (χ1n) is 5.24. The highest BCUT2D eigenvalue weighted by Gasteiger charge is 2.30. The van der Waals surface area contributed by atoms with Crippen LogP contribution >= 0.6 is 11.6 Å². The minimum absolute atomic E-state index is 0.0631. The van der Waals surface area contributed by atoms with Crippen LogP contribution < -0.4 is 0 Å². The summed E-state index contributed by atoms with van der Waals surface area (Å²) in [5.74, 6) is -0.692. The lowest BCUT2D eigenvalue weighted by atomic mass is 10.2. The quantitative estimate of drug-likeness (QED) is 0.638. The number of carbonyl (C=O) groups excluding carboxylic acids is 2. The second-order valence-corrected chi connectivity index (χ2v) is 3.90. The lowest BCUT2D eigenvalue weighted by Crippen LogP contribution is -2.27. The Morgan fingerprint density at radius 3 is 2.94 bits per heavy atom. The molecule has 1 aromatic rings. The molecule has 1 N–H and O–H groups in total. The Bertz CT molecular complexity index is 458. The van der Waals surface area contributed by atoms with Gasteiger partial charge in [0.25, 0.3) is 0 Å². The van der Waals surface area contributed by atoms with Crippen LogP contribution in [-0.4, -0.2) is 39.5 Å². The molecule has 0 spiro atoms. The molecule has 1 aromatic heterocycles. The third-order valence-electron chi connectivity index (χ3n) is 2.59. The monoisotopic (exact) mass is 257 g/mol. The molecule has 0 saturated carbocycles. The lowest BCUT2D eigenvalue weighted by molar-refractivity contribution is -0.129. The zero-order valence-corrected chi connectivity index (χ0v) is 10.1. The third-order valence-corrected chi connectivity index (χ3v) is 2.82. The molecule has 2 heterocycles. The van der Waals surface area contributed by atoms with Crippen LogP contribution in [0.25, 0.3) is 0 Å². The van der Waals surface area contributed by atoms with Gasteiger partial charge in [0, 0.05) is 5.56 Å². The van der Waals surface area contributed by atoms with Crippen molar-refractivity contribution in [1.29, 1.82) is 0 Å². The molecule has 0 unspecified atom stereocenters. The number of fused-ring (bicyclic) bond motifs is 1. The van der Waals surface area contributed by atoms with Crippen molar-refractivity contribution >= 4 is 23.5 Å². The number of carbonyl (C=O) groups is 2. The molecule has 6 nitrogen and oxygen atoms in total. The van der Waals surface area contributed by atoms with Crippen LogP contribution in [0.15, 0.2) is 0 Å². The van der Waals surface area contributed by atoms with Crippen LogP contribution in [0.1, 0.15) is 28.7 Å². The van der Waals surface area contributed by atoms with E-state index in [4.69, 9.17) is 16.3 Å². The first-order chi connectivity index (χ1) is 8.17. The summed E-state index contributed by atoms with van der Waals surface area (Å²) in [6.45, 7) is 2.79. The molecule has 2 rings (SSSR count). The minimum Gasteiger partial charge on any atom is -0.461 e. The number of alkyl halides is 1. The molecule has 0 radical (unpaired) electrons. The van der Waals surface area contributed by atoms with E-state index in [1.807, 2.05) is 0 Å². The van der Waals surface area contributed by atoms with Crippen molar-refractivity contribution in [3.8, 4) is 0 Å². The SMILES string of the molecule is CCOC(=O)c1n[nH]c2c1CN(C(=O)CCl)C2. The number of H-pyrrole nitrogens is 1. The number of aromatic amines is 1. The molecule has 0 aliphatic carbocycles. The summed E-state index contributed by atoms with van der Waals surface area (Å²) in [7, 11) is 0. The third kappa shape index (κ3) is 2.12. The van der Waals surface area contributed by atoms with Gasteiger partial charge in [-0.2, -0.15) is 5.10 Å². The predicted molar refractivity (Wildman–Crippen MR) is 59.5 cm³/mol. The van der Waals surface area contributed by atoms with Gasteiger partial charge in [-0.25, -0.2) is 4.79 Å². The molecule has 0 bridgehead atoms. The van der Waals surface area contributed by atoms with Gasteiger partial charge in [-0.15, -0.1) is 11.6 Å². The van der Waals surface area contributed by atoms with Crippen LogP contribution in [0.2, 0.25) is 0 Å². The van der Waals surface area contributed by atoms with E-state index in [1.54, 1.807) is 11.8 Å². The van der Waals surface area contributed by atoms with Crippen molar-refractivity contribution in [2.24, 2.45) is 0 Å². The summed E-state index contributed by atoms with van der Waals surface area (Å²) in [6.07, 6.45) is 0.